The second kappa shape index (κ2) is 4.42. The summed E-state index contributed by atoms with van der Waals surface area (Å²) in [4.78, 5) is 4.32. The van der Waals surface area contributed by atoms with Crippen LogP contribution in [0.5, 0.6) is 0 Å². The van der Waals surface area contributed by atoms with Crippen LogP contribution in [0, 0.1) is 20.8 Å². The molecule has 0 saturated heterocycles. The third kappa shape index (κ3) is 2.04. The minimum atomic E-state index is 0.659. The Morgan fingerprint density at radius 3 is 2.43 bits per heavy atom. The number of nitrogens with two attached hydrogens (primary N) is 1. The van der Waals surface area contributed by atoms with E-state index in [-0.39, 0.29) is 0 Å². The minimum absolute atomic E-state index is 0.659. The SMILES string of the molecule is CCNCc1c(N)nc(C)c(C)c1C. The van der Waals surface area contributed by atoms with Gasteiger partial charge in [-0.15, -0.1) is 0 Å². The molecule has 78 valence electrons. The van der Waals surface area contributed by atoms with Crippen molar-refractivity contribution < 1.29 is 0 Å². The number of nitrogen functional groups attached to an aromatic ring is 1. The molecule has 14 heavy (non-hydrogen) atoms. The maximum atomic E-state index is 5.88. The molecule has 0 amide bonds. The van der Waals surface area contributed by atoms with E-state index in [0.717, 1.165) is 24.3 Å². The third-order valence-corrected chi connectivity index (χ3v) is 2.71. The first kappa shape index (κ1) is 11.0. The average molecular weight is 193 g/mol. The summed E-state index contributed by atoms with van der Waals surface area (Å²) in [6, 6.07) is 0. The molecule has 0 saturated carbocycles. The molecule has 0 unspecified atom stereocenters. The number of hydrogen-bond acceptors (Lipinski definition) is 3. The highest BCUT2D eigenvalue weighted by Gasteiger charge is 2.08. The van der Waals surface area contributed by atoms with E-state index in [0.29, 0.717) is 5.82 Å². The molecule has 0 radical (unpaired) electrons. The van der Waals surface area contributed by atoms with Crippen molar-refractivity contribution in [3.8, 4) is 0 Å². The average Bonchev–Trinajstić information content (AvgIpc) is 2.14. The fraction of sp³-hybridized carbons (Fsp3) is 0.545. The fourth-order valence-electron chi connectivity index (χ4n) is 1.49. The predicted octanol–water partition coefficient (Wildman–Crippen LogP) is 1.70. The Kier molecular flexibility index (Phi) is 3.47. The summed E-state index contributed by atoms with van der Waals surface area (Å²) in [6.45, 7) is 10.0. The van der Waals surface area contributed by atoms with Crippen molar-refractivity contribution in [1.82, 2.24) is 10.3 Å². The van der Waals surface area contributed by atoms with Crippen LogP contribution in [0.15, 0.2) is 0 Å². The van der Waals surface area contributed by atoms with Gasteiger partial charge in [0.25, 0.3) is 0 Å². The maximum absolute atomic E-state index is 5.88. The highest BCUT2D eigenvalue weighted by molar-refractivity contribution is 5.49. The number of rotatable bonds is 3. The lowest BCUT2D eigenvalue weighted by atomic mass is 10.0. The molecule has 1 aromatic heterocycles. The van der Waals surface area contributed by atoms with Crippen LogP contribution in [0.2, 0.25) is 0 Å². The zero-order chi connectivity index (χ0) is 10.7. The Balaban J connectivity index is 3.09. The smallest absolute Gasteiger partial charge is 0.128 e. The Bertz CT molecular complexity index is 332. The fourth-order valence-corrected chi connectivity index (χ4v) is 1.49. The summed E-state index contributed by atoms with van der Waals surface area (Å²) in [5.41, 5.74) is 10.5. The van der Waals surface area contributed by atoms with E-state index in [1.54, 1.807) is 0 Å². The molecule has 0 aliphatic heterocycles. The number of pyridine rings is 1. The topological polar surface area (TPSA) is 50.9 Å². The van der Waals surface area contributed by atoms with Crippen molar-refractivity contribution in [2.75, 3.05) is 12.3 Å². The molecule has 0 aliphatic carbocycles. The predicted molar refractivity (Wildman–Crippen MR) is 60.2 cm³/mol. The van der Waals surface area contributed by atoms with Gasteiger partial charge in [0, 0.05) is 17.8 Å². The zero-order valence-electron chi connectivity index (χ0n) is 9.44. The van der Waals surface area contributed by atoms with Gasteiger partial charge in [-0.3, -0.25) is 0 Å². The Labute approximate surface area is 85.7 Å². The van der Waals surface area contributed by atoms with Gasteiger partial charge in [-0.05, 0) is 38.4 Å². The van der Waals surface area contributed by atoms with Crippen LogP contribution in [-0.4, -0.2) is 11.5 Å². The van der Waals surface area contributed by atoms with Crippen molar-refractivity contribution >= 4 is 5.82 Å². The lowest BCUT2D eigenvalue weighted by Gasteiger charge is -2.13. The Morgan fingerprint density at radius 2 is 1.86 bits per heavy atom. The molecule has 0 aliphatic rings. The number of hydrogen-bond donors (Lipinski definition) is 2. The molecule has 1 heterocycles. The van der Waals surface area contributed by atoms with Crippen LogP contribution in [0.4, 0.5) is 5.82 Å². The van der Waals surface area contributed by atoms with Gasteiger partial charge in [0.05, 0.1) is 0 Å². The first-order valence-corrected chi connectivity index (χ1v) is 5.00. The third-order valence-electron chi connectivity index (χ3n) is 2.71. The van der Waals surface area contributed by atoms with Gasteiger partial charge in [-0.2, -0.15) is 0 Å². The number of nitrogens with one attached hydrogen (secondary N) is 1. The number of aromatic nitrogens is 1. The minimum Gasteiger partial charge on any atom is -0.383 e. The molecule has 0 bridgehead atoms. The molecule has 0 aromatic carbocycles. The molecular formula is C11H19N3. The quantitative estimate of drug-likeness (QED) is 0.768. The van der Waals surface area contributed by atoms with Gasteiger partial charge in [-0.1, -0.05) is 6.92 Å². The van der Waals surface area contributed by atoms with Crippen LogP contribution in [-0.2, 0) is 6.54 Å². The molecule has 3 nitrogen and oxygen atoms in total. The molecule has 0 fully saturated rings. The highest BCUT2D eigenvalue weighted by atomic mass is 14.9. The zero-order valence-corrected chi connectivity index (χ0v) is 9.44. The summed E-state index contributed by atoms with van der Waals surface area (Å²) in [5.74, 6) is 0.659. The van der Waals surface area contributed by atoms with Crippen molar-refractivity contribution in [2.45, 2.75) is 34.2 Å². The summed E-state index contributed by atoms with van der Waals surface area (Å²) in [6.07, 6.45) is 0. The van der Waals surface area contributed by atoms with Crippen LogP contribution in [0.3, 0.4) is 0 Å². The van der Waals surface area contributed by atoms with Crippen LogP contribution in [0.25, 0.3) is 0 Å². The molecule has 0 atom stereocenters. The summed E-state index contributed by atoms with van der Waals surface area (Å²) < 4.78 is 0. The standard InChI is InChI=1S/C11H19N3/c1-5-13-6-10-8(3)7(2)9(4)14-11(10)12/h13H,5-6H2,1-4H3,(H2,12,14). The van der Waals surface area contributed by atoms with Crippen molar-refractivity contribution in [3.63, 3.8) is 0 Å². The molecular weight excluding hydrogens is 174 g/mol. The largest absolute Gasteiger partial charge is 0.383 e. The van der Waals surface area contributed by atoms with E-state index < -0.39 is 0 Å². The van der Waals surface area contributed by atoms with E-state index >= 15 is 0 Å². The van der Waals surface area contributed by atoms with Crippen molar-refractivity contribution in [2.24, 2.45) is 0 Å². The molecule has 3 heteroatoms. The van der Waals surface area contributed by atoms with E-state index in [1.807, 2.05) is 6.92 Å². The van der Waals surface area contributed by atoms with E-state index in [2.05, 4.69) is 31.1 Å². The number of nitrogens with zero attached hydrogens (tertiary/aromatic N) is 1. The van der Waals surface area contributed by atoms with Crippen LogP contribution in [0.1, 0.15) is 29.3 Å². The monoisotopic (exact) mass is 193 g/mol. The number of aryl methyl sites for hydroxylation is 1. The Hall–Kier alpha value is -1.09. The van der Waals surface area contributed by atoms with Gasteiger partial charge in [0.2, 0.25) is 0 Å². The lowest BCUT2D eigenvalue weighted by molar-refractivity contribution is 0.721. The lowest BCUT2D eigenvalue weighted by Crippen LogP contribution is -2.16. The normalized spacial score (nSPS) is 10.6. The second-order valence-corrected chi connectivity index (χ2v) is 3.59. The van der Waals surface area contributed by atoms with Gasteiger partial charge in [0.1, 0.15) is 5.82 Å². The highest BCUT2D eigenvalue weighted by Crippen LogP contribution is 2.20. The van der Waals surface area contributed by atoms with E-state index in [9.17, 15) is 0 Å². The summed E-state index contributed by atoms with van der Waals surface area (Å²) in [5, 5.41) is 3.27. The molecule has 1 rings (SSSR count). The van der Waals surface area contributed by atoms with Gasteiger partial charge >= 0.3 is 0 Å². The molecule has 3 N–H and O–H groups in total. The first-order chi connectivity index (χ1) is 6.57. The van der Waals surface area contributed by atoms with Gasteiger partial charge < -0.3 is 11.1 Å². The Morgan fingerprint density at radius 1 is 1.21 bits per heavy atom. The van der Waals surface area contributed by atoms with E-state index in [1.165, 1.54) is 11.1 Å². The van der Waals surface area contributed by atoms with Gasteiger partial charge in [-0.25, -0.2) is 4.98 Å². The van der Waals surface area contributed by atoms with E-state index in [4.69, 9.17) is 5.73 Å². The number of anilines is 1. The van der Waals surface area contributed by atoms with Gasteiger partial charge in [0.15, 0.2) is 0 Å². The van der Waals surface area contributed by atoms with Crippen molar-refractivity contribution in [1.29, 1.82) is 0 Å². The maximum Gasteiger partial charge on any atom is 0.128 e. The summed E-state index contributed by atoms with van der Waals surface area (Å²) in [7, 11) is 0. The van der Waals surface area contributed by atoms with Crippen LogP contribution < -0.4 is 11.1 Å². The molecule has 1 aromatic rings. The van der Waals surface area contributed by atoms with Crippen molar-refractivity contribution in [3.05, 3.63) is 22.4 Å². The summed E-state index contributed by atoms with van der Waals surface area (Å²) >= 11 is 0. The molecule has 0 spiro atoms. The first-order valence-electron chi connectivity index (χ1n) is 5.00. The van der Waals surface area contributed by atoms with Crippen LogP contribution >= 0.6 is 0 Å². The second-order valence-electron chi connectivity index (χ2n) is 3.59.